The Labute approximate surface area is 135 Å². The van der Waals surface area contributed by atoms with E-state index in [-0.39, 0.29) is 25.0 Å². The average molecular weight is 321 g/mol. The summed E-state index contributed by atoms with van der Waals surface area (Å²) in [7, 11) is 1.54. The highest BCUT2D eigenvalue weighted by Gasteiger charge is 2.17. The number of nitrogens with zero attached hydrogens (tertiary/aromatic N) is 1. The minimum Gasteiger partial charge on any atom is -0.481 e. The van der Waals surface area contributed by atoms with Crippen LogP contribution in [0.3, 0.4) is 0 Å². The van der Waals surface area contributed by atoms with Crippen LogP contribution in [0.4, 0.5) is 4.79 Å². The molecule has 126 valence electrons. The van der Waals surface area contributed by atoms with Gasteiger partial charge in [0.05, 0.1) is 5.92 Å². The number of carbonyl (C=O) groups excluding carboxylic acids is 2. The maximum atomic E-state index is 11.9. The van der Waals surface area contributed by atoms with E-state index < -0.39 is 11.9 Å². The van der Waals surface area contributed by atoms with Crippen molar-refractivity contribution < 1.29 is 19.5 Å². The molecule has 0 fully saturated rings. The van der Waals surface area contributed by atoms with Crippen LogP contribution < -0.4 is 10.6 Å². The fourth-order valence-electron chi connectivity index (χ4n) is 1.97. The molecule has 0 saturated heterocycles. The van der Waals surface area contributed by atoms with Gasteiger partial charge in [-0.3, -0.25) is 9.59 Å². The molecular weight excluding hydrogens is 298 g/mol. The molecule has 1 atom stereocenters. The van der Waals surface area contributed by atoms with Crippen LogP contribution in [0.25, 0.3) is 0 Å². The molecule has 0 spiro atoms. The first-order chi connectivity index (χ1) is 10.8. The lowest BCUT2D eigenvalue weighted by atomic mass is 10.1. The maximum absolute atomic E-state index is 11.9. The molecule has 7 heteroatoms. The van der Waals surface area contributed by atoms with Gasteiger partial charge in [0.15, 0.2) is 0 Å². The van der Waals surface area contributed by atoms with Crippen molar-refractivity contribution in [3.8, 4) is 0 Å². The van der Waals surface area contributed by atoms with E-state index in [2.05, 4.69) is 10.6 Å². The van der Waals surface area contributed by atoms with Crippen molar-refractivity contribution >= 4 is 17.9 Å². The number of amides is 3. The van der Waals surface area contributed by atoms with E-state index in [9.17, 15) is 14.4 Å². The van der Waals surface area contributed by atoms with Gasteiger partial charge in [-0.2, -0.15) is 0 Å². The Kier molecular flexibility index (Phi) is 7.05. The zero-order valence-electron chi connectivity index (χ0n) is 13.6. The average Bonchev–Trinajstić information content (AvgIpc) is 2.52. The number of urea groups is 1. The van der Waals surface area contributed by atoms with Crippen LogP contribution in [0.5, 0.6) is 0 Å². The minimum atomic E-state index is -0.945. The number of hydrogen-bond acceptors (Lipinski definition) is 3. The lowest BCUT2D eigenvalue weighted by Crippen LogP contribution is -2.40. The molecule has 1 aromatic carbocycles. The van der Waals surface area contributed by atoms with E-state index in [1.165, 1.54) is 4.90 Å². The van der Waals surface area contributed by atoms with Crippen molar-refractivity contribution in [3.63, 3.8) is 0 Å². The molecule has 0 aliphatic heterocycles. The van der Waals surface area contributed by atoms with Gasteiger partial charge in [-0.15, -0.1) is 0 Å². The van der Waals surface area contributed by atoms with Gasteiger partial charge in [-0.1, -0.05) is 19.1 Å². The number of aliphatic carboxylic acids is 1. The third-order valence-electron chi connectivity index (χ3n) is 3.29. The summed E-state index contributed by atoms with van der Waals surface area (Å²) < 4.78 is 0. The summed E-state index contributed by atoms with van der Waals surface area (Å²) in [5, 5.41) is 14.3. The van der Waals surface area contributed by atoms with E-state index in [0.717, 1.165) is 5.56 Å². The van der Waals surface area contributed by atoms with Crippen LogP contribution >= 0.6 is 0 Å². The predicted molar refractivity (Wildman–Crippen MR) is 86.1 cm³/mol. The van der Waals surface area contributed by atoms with Gasteiger partial charge >= 0.3 is 12.0 Å². The highest BCUT2D eigenvalue weighted by atomic mass is 16.4. The number of carboxylic acid groups (broad SMARTS) is 1. The predicted octanol–water partition coefficient (Wildman–Crippen LogP) is 1.30. The summed E-state index contributed by atoms with van der Waals surface area (Å²) in [6.07, 6.45) is 0. The van der Waals surface area contributed by atoms with Crippen LogP contribution in [0.1, 0.15) is 29.8 Å². The number of hydrogen-bond donors (Lipinski definition) is 3. The third-order valence-corrected chi connectivity index (χ3v) is 3.29. The highest BCUT2D eigenvalue weighted by molar-refractivity contribution is 5.94. The topological polar surface area (TPSA) is 98.7 Å². The second kappa shape index (κ2) is 8.77. The molecule has 0 aliphatic carbocycles. The first-order valence-electron chi connectivity index (χ1n) is 7.44. The van der Waals surface area contributed by atoms with Crippen molar-refractivity contribution in [3.05, 3.63) is 35.4 Å². The summed E-state index contributed by atoms with van der Waals surface area (Å²) in [5.74, 6) is -1.74. The molecule has 7 nitrogen and oxygen atoms in total. The van der Waals surface area contributed by atoms with E-state index in [1.54, 1.807) is 32.2 Å². The lowest BCUT2D eigenvalue weighted by Gasteiger charge is -2.20. The summed E-state index contributed by atoms with van der Waals surface area (Å²) in [5.41, 5.74) is 1.33. The third kappa shape index (κ3) is 5.98. The van der Waals surface area contributed by atoms with Gasteiger partial charge in [-0.05, 0) is 24.6 Å². The Morgan fingerprint density at radius 3 is 2.57 bits per heavy atom. The molecule has 0 aliphatic rings. The molecule has 1 aromatic rings. The quantitative estimate of drug-likeness (QED) is 0.705. The smallest absolute Gasteiger partial charge is 0.317 e. The standard InChI is InChI=1S/C16H23N3O4/c1-4-17-14(20)13-7-5-6-12(8-13)9-18-16(23)19(3)10-11(2)15(21)22/h5-8,11H,4,9-10H2,1-3H3,(H,17,20)(H,18,23)(H,21,22). The number of nitrogens with one attached hydrogen (secondary N) is 2. The maximum Gasteiger partial charge on any atom is 0.317 e. The Bertz CT molecular complexity index is 574. The molecule has 0 saturated carbocycles. The first-order valence-corrected chi connectivity index (χ1v) is 7.44. The molecule has 0 heterocycles. The van der Waals surface area contributed by atoms with Crippen LogP contribution in [-0.4, -0.2) is 48.1 Å². The van der Waals surface area contributed by atoms with E-state index in [1.807, 2.05) is 13.0 Å². The minimum absolute atomic E-state index is 0.125. The largest absolute Gasteiger partial charge is 0.481 e. The first kappa shape index (κ1) is 18.5. The SMILES string of the molecule is CCNC(=O)c1cccc(CNC(=O)N(C)CC(C)C(=O)O)c1. The molecule has 0 aromatic heterocycles. The Morgan fingerprint density at radius 1 is 1.26 bits per heavy atom. The summed E-state index contributed by atoms with van der Waals surface area (Å²) in [6.45, 7) is 4.32. The van der Waals surface area contributed by atoms with E-state index >= 15 is 0 Å². The molecule has 0 radical (unpaired) electrons. The zero-order chi connectivity index (χ0) is 17.4. The fourth-order valence-corrected chi connectivity index (χ4v) is 1.97. The highest BCUT2D eigenvalue weighted by Crippen LogP contribution is 2.06. The Morgan fingerprint density at radius 2 is 1.96 bits per heavy atom. The molecular formula is C16H23N3O4. The van der Waals surface area contributed by atoms with E-state index in [0.29, 0.717) is 12.1 Å². The van der Waals surface area contributed by atoms with Crippen LogP contribution in [-0.2, 0) is 11.3 Å². The fraction of sp³-hybridized carbons (Fsp3) is 0.438. The van der Waals surface area contributed by atoms with Crippen LogP contribution in [0.15, 0.2) is 24.3 Å². The van der Waals surface area contributed by atoms with Gasteiger partial charge < -0.3 is 20.6 Å². The summed E-state index contributed by atoms with van der Waals surface area (Å²) in [4.78, 5) is 35.8. The summed E-state index contributed by atoms with van der Waals surface area (Å²) >= 11 is 0. The van der Waals surface area contributed by atoms with E-state index in [4.69, 9.17) is 5.11 Å². The summed E-state index contributed by atoms with van der Waals surface area (Å²) in [6, 6.07) is 6.62. The van der Waals surface area contributed by atoms with Gasteiger partial charge in [0.2, 0.25) is 0 Å². The van der Waals surface area contributed by atoms with Crippen molar-refractivity contribution in [1.82, 2.24) is 15.5 Å². The molecule has 23 heavy (non-hydrogen) atoms. The second-order valence-electron chi connectivity index (χ2n) is 5.34. The number of carbonyl (C=O) groups is 3. The van der Waals surface area contributed by atoms with Crippen molar-refractivity contribution in [2.45, 2.75) is 20.4 Å². The van der Waals surface area contributed by atoms with Gasteiger partial charge in [0, 0.05) is 32.2 Å². The molecule has 1 rings (SSSR count). The van der Waals surface area contributed by atoms with Crippen LogP contribution in [0, 0.1) is 5.92 Å². The molecule has 1 unspecified atom stereocenters. The van der Waals surface area contributed by atoms with Gasteiger partial charge in [0.1, 0.15) is 0 Å². The van der Waals surface area contributed by atoms with Gasteiger partial charge in [-0.25, -0.2) is 4.79 Å². The normalized spacial score (nSPS) is 11.4. The number of benzene rings is 1. The van der Waals surface area contributed by atoms with Crippen molar-refractivity contribution in [2.75, 3.05) is 20.1 Å². The monoisotopic (exact) mass is 321 g/mol. The number of rotatable bonds is 7. The Balaban J connectivity index is 2.57. The lowest BCUT2D eigenvalue weighted by molar-refractivity contribution is -0.141. The van der Waals surface area contributed by atoms with Crippen LogP contribution in [0.2, 0.25) is 0 Å². The van der Waals surface area contributed by atoms with Crippen molar-refractivity contribution in [2.24, 2.45) is 5.92 Å². The molecule has 3 N–H and O–H groups in total. The number of carboxylic acids is 1. The molecule has 3 amide bonds. The zero-order valence-corrected chi connectivity index (χ0v) is 13.6. The molecule has 0 bridgehead atoms. The van der Waals surface area contributed by atoms with Gasteiger partial charge in [0.25, 0.3) is 5.91 Å². The second-order valence-corrected chi connectivity index (χ2v) is 5.34. The Hall–Kier alpha value is -2.57. The van der Waals surface area contributed by atoms with Crippen molar-refractivity contribution in [1.29, 1.82) is 0 Å².